The van der Waals surface area contributed by atoms with Crippen molar-refractivity contribution in [3.05, 3.63) is 88.7 Å². The van der Waals surface area contributed by atoms with Crippen LogP contribution < -0.4 is 5.32 Å². The van der Waals surface area contributed by atoms with Crippen LogP contribution in [-0.4, -0.2) is 25.9 Å². The molecular formula is C22H17ClFN5O. The smallest absolute Gasteiger partial charge is 0.278 e. The molecule has 2 aromatic carbocycles. The highest BCUT2D eigenvalue weighted by Crippen LogP contribution is 2.26. The number of nitrogens with one attached hydrogen (secondary N) is 1. The average Bonchev–Trinajstić information content (AvgIpc) is 3.14. The van der Waals surface area contributed by atoms with Crippen molar-refractivity contribution in [3.63, 3.8) is 0 Å². The summed E-state index contributed by atoms with van der Waals surface area (Å²) in [5.74, 6) is -0.914. The van der Waals surface area contributed by atoms with Gasteiger partial charge in [0.2, 0.25) is 0 Å². The van der Waals surface area contributed by atoms with Crippen LogP contribution in [0.4, 0.5) is 10.1 Å². The number of amides is 1. The fourth-order valence-corrected chi connectivity index (χ4v) is 3.24. The number of aromatic nitrogens is 4. The Morgan fingerprint density at radius 2 is 1.80 bits per heavy atom. The molecule has 0 bridgehead atoms. The zero-order valence-corrected chi connectivity index (χ0v) is 17.0. The highest BCUT2D eigenvalue weighted by atomic mass is 35.5. The first-order valence-corrected chi connectivity index (χ1v) is 9.52. The maximum Gasteiger partial charge on any atom is 0.278 e. The summed E-state index contributed by atoms with van der Waals surface area (Å²) in [4.78, 5) is 16.9. The molecule has 0 aliphatic heterocycles. The third-order valence-corrected chi connectivity index (χ3v) is 5.05. The third-order valence-electron chi connectivity index (χ3n) is 4.76. The molecule has 0 aliphatic carbocycles. The second kappa shape index (κ2) is 8.04. The van der Waals surface area contributed by atoms with E-state index in [4.69, 9.17) is 11.6 Å². The van der Waals surface area contributed by atoms with Crippen LogP contribution in [0.25, 0.3) is 16.8 Å². The SMILES string of the molecule is Cc1ccc(-c2ccncc2)cc1NC(=O)c1nnn(-c2ccc(F)c(Cl)c2)c1C. The van der Waals surface area contributed by atoms with Crippen LogP contribution in [-0.2, 0) is 0 Å². The molecular weight excluding hydrogens is 405 g/mol. The summed E-state index contributed by atoms with van der Waals surface area (Å²) in [6.45, 7) is 3.63. The highest BCUT2D eigenvalue weighted by Gasteiger charge is 2.19. The molecule has 1 amide bonds. The standard InChI is InChI=1S/C22H17ClFN5O/c1-13-3-4-16(15-7-9-25-10-8-15)11-20(13)26-22(30)21-14(2)29(28-27-21)17-5-6-19(24)18(23)12-17/h3-12H,1-2H3,(H,26,30). The molecule has 0 radical (unpaired) electrons. The zero-order chi connectivity index (χ0) is 21.3. The molecule has 2 aromatic heterocycles. The Kier molecular flexibility index (Phi) is 5.29. The number of halogens is 2. The van der Waals surface area contributed by atoms with Gasteiger partial charge in [-0.1, -0.05) is 28.9 Å². The quantitative estimate of drug-likeness (QED) is 0.503. The van der Waals surface area contributed by atoms with Gasteiger partial charge in [-0.25, -0.2) is 9.07 Å². The van der Waals surface area contributed by atoms with Crippen LogP contribution in [0, 0.1) is 19.7 Å². The van der Waals surface area contributed by atoms with Crippen LogP contribution in [0.2, 0.25) is 5.02 Å². The van der Waals surface area contributed by atoms with E-state index in [-0.39, 0.29) is 16.6 Å². The first-order chi connectivity index (χ1) is 14.4. The van der Waals surface area contributed by atoms with E-state index in [1.165, 1.54) is 22.9 Å². The van der Waals surface area contributed by atoms with Crippen LogP contribution in [0.3, 0.4) is 0 Å². The number of anilines is 1. The molecule has 0 aliphatic rings. The Morgan fingerprint density at radius 3 is 2.53 bits per heavy atom. The van der Waals surface area contributed by atoms with Crippen LogP contribution in [0.15, 0.2) is 60.9 Å². The summed E-state index contributed by atoms with van der Waals surface area (Å²) in [6, 6.07) is 13.8. The van der Waals surface area contributed by atoms with E-state index in [0.717, 1.165) is 16.7 Å². The summed E-state index contributed by atoms with van der Waals surface area (Å²) in [7, 11) is 0. The van der Waals surface area contributed by atoms with E-state index < -0.39 is 5.82 Å². The second-order valence-corrected chi connectivity index (χ2v) is 7.16. The van der Waals surface area contributed by atoms with Crippen molar-refractivity contribution >= 4 is 23.2 Å². The number of hydrogen-bond donors (Lipinski definition) is 1. The summed E-state index contributed by atoms with van der Waals surface area (Å²) in [6.07, 6.45) is 3.44. The van der Waals surface area contributed by atoms with Gasteiger partial charge in [0, 0.05) is 18.1 Å². The lowest BCUT2D eigenvalue weighted by Gasteiger charge is -2.10. The molecule has 1 N–H and O–H groups in total. The zero-order valence-electron chi connectivity index (χ0n) is 16.2. The minimum Gasteiger partial charge on any atom is -0.320 e. The predicted molar refractivity (Wildman–Crippen MR) is 113 cm³/mol. The van der Waals surface area contributed by atoms with Gasteiger partial charge in [0.25, 0.3) is 5.91 Å². The summed E-state index contributed by atoms with van der Waals surface area (Å²) < 4.78 is 14.9. The number of hydrogen-bond acceptors (Lipinski definition) is 4. The van der Waals surface area contributed by atoms with Gasteiger partial charge in [0.1, 0.15) is 5.82 Å². The van der Waals surface area contributed by atoms with Crippen molar-refractivity contribution in [2.45, 2.75) is 13.8 Å². The molecule has 0 saturated heterocycles. The first kappa shape index (κ1) is 19.7. The monoisotopic (exact) mass is 421 g/mol. The van der Waals surface area contributed by atoms with Crippen LogP contribution >= 0.6 is 11.6 Å². The molecule has 0 spiro atoms. The molecule has 0 fully saturated rings. The number of nitrogens with zero attached hydrogens (tertiary/aromatic N) is 4. The van der Waals surface area contributed by atoms with Crippen molar-refractivity contribution in [1.29, 1.82) is 0 Å². The van der Waals surface area contributed by atoms with Gasteiger partial charge < -0.3 is 5.32 Å². The number of carbonyl (C=O) groups excluding carboxylic acids is 1. The Hall–Kier alpha value is -3.58. The van der Waals surface area contributed by atoms with E-state index in [1.807, 2.05) is 37.3 Å². The van der Waals surface area contributed by atoms with Gasteiger partial charge in [-0.05, 0) is 66.9 Å². The molecule has 30 heavy (non-hydrogen) atoms. The van der Waals surface area contributed by atoms with Crippen molar-refractivity contribution < 1.29 is 9.18 Å². The van der Waals surface area contributed by atoms with Gasteiger partial charge in [0.05, 0.1) is 16.4 Å². The highest BCUT2D eigenvalue weighted by molar-refractivity contribution is 6.30. The van der Waals surface area contributed by atoms with Gasteiger partial charge in [-0.3, -0.25) is 9.78 Å². The number of pyridine rings is 1. The number of rotatable bonds is 4. The summed E-state index contributed by atoms with van der Waals surface area (Å²) in [5.41, 5.74) is 4.74. The van der Waals surface area contributed by atoms with Crippen molar-refractivity contribution in [1.82, 2.24) is 20.0 Å². The van der Waals surface area contributed by atoms with Crippen LogP contribution in [0.1, 0.15) is 21.7 Å². The summed E-state index contributed by atoms with van der Waals surface area (Å²) in [5, 5.41) is 10.9. The Bertz CT molecular complexity index is 1240. The van der Waals surface area contributed by atoms with Gasteiger partial charge >= 0.3 is 0 Å². The predicted octanol–water partition coefficient (Wildman–Crippen LogP) is 4.99. The average molecular weight is 422 g/mol. The molecule has 4 aromatic rings. The van der Waals surface area contributed by atoms with Crippen LogP contribution in [0.5, 0.6) is 0 Å². The van der Waals surface area contributed by atoms with Crippen molar-refractivity contribution in [3.8, 4) is 16.8 Å². The molecule has 0 saturated carbocycles. The molecule has 0 atom stereocenters. The van der Waals surface area contributed by atoms with Crippen molar-refractivity contribution in [2.75, 3.05) is 5.32 Å². The topological polar surface area (TPSA) is 72.7 Å². The fraction of sp³-hybridized carbons (Fsp3) is 0.0909. The molecule has 8 heteroatoms. The van der Waals surface area contributed by atoms with Crippen molar-refractivity contribution in [2.24, 2.45) is 0 Å². The largest absolute Gasteiger partial charge is 0.320 e. The molecule has 4 rings (SSSR count). The van der Waals surface area contributed by atoms with Gasteiger partial charge in [-0.2, -0.15) is 0 Å². The Morgan fingerprint density at radius 1 is 1.03 bits per heavy atom. The number of aryl methyl sites for hydroxylation is 1. The lowest BCUT2D eigenvalue weighted by atomic mass is 10.0. The Balaban J connectivity index is 1.62. The van der Waals surface area contributed by atoms with E-state index in [2.05, 4.69) is 20.6 Å². The molecule has 2 heterocycles. The number of carbonyl (C=O) groups is 1. The van der Waals surface area contributed by atoms with Gasteiger partial charge in [0.15, 0.2) is 5.69 Å². The van der Waals surface area contributed by atoms with Gasteiger partial charge in [-0.15, -0.1) is 5.10 Å². The normalized spacial score (nSPS) is 10.8. The summed E-state index contributed by atoms with van der Waals surface area (Å²) >= 11 is 5.86. The lowest BCUT2D eigenvalue weighted by Crippen LogP contribution is -2.15. The van der Waals surface area contributed by atoms with E-state index in [1.54, 1.807) is 19.3 Å². The second-order valence-electron chi connectivity index (χ2n) is 6.75. The molecule has 150 valence electrons. The third kappa shape index (κ3) is 3.79. The minimum absolute atomic E-state index is 0.0306. The number of benzene rings is 2. The first-order valence-electron chi connectivity index (χ1n) is 9.14. The van der Waals surface area contributed by atoms with E-state index >= 15 is 0 Å². The van der Waals surface area contributed by atoms with E-state index in [9.17, 15) is 9.18 Å². The Labute approximate surface area is 177 Å². The maximum absolute atomic E-state index is 13.4. The minimum atomic E-state index is -0.527. The lowest BCUT2D eigenvalue weighted by molar-refractivity contribution is 0.102. The maximum atomic E-state index is 13.4. The van der Waals surface area contributed by atoms with E-state index in [0.29, 0.717) is 17.1 Å². The molecule has 0 unspecified atom stereocenters. The fourth-order valence-electron chi connectivity index (χ4n) is 3.06. The molecule has 6 nitrogen and oxygen atoms in total.